The minimum absolute atomic E-state index is 0.365. The number of carbonyl (C=O) groups excluding carboxylic acids is 1. The molecule has 3 heterocycles. The van der Waals surface area contributed by atoms with Gasteiger partial charge in [-0.3, -0.25) is 9.69 Å². The second-order valence-electron chi connectivity index (χ2n) is 7.51. The molecule has 0 aliphatic carbocycles. The van der Waals surface area contributed by atoms with Crippen molar-refractivity contribution in [1.29, 1.82) is 5.26 Å². The summed E-state index contributed by atoms with van der Waals surface area (Å²) in [6, 6.07) is 12.7. The summed E-state index contributed by atoms with van der Waals surface area (Å²) in [7, 11) is 0. The van der Waals surface area contributed by atoms with Crippen LogP contribution in [-0.2, 0) is 11.2 Å². The van der Waals surface area contributed by atoms with Crippen molar-refractivity contribution in [3.05, 3.63) is 58.8 Å². The number of nitrogens with two attached hydrogens (primary N) is 1. The Morgan fingerprint density at radius 1 is 1.23 bits per heavy atom. The molecule has 1 aliphatic heterocycles. The Morgan fingerprint density at radius 2 is 2.00 bits per heavy atom. The molecule has 1 unspecified atom stereocenters. The lowest BCUT2D eigenvalue weighted by Crippen LogP contribution is -2.50. The Balaban J connectivity index is 1.26. The number of aryl methyl sites for hydroxylation is 1. The zero-order valence-electron chi connectivity index (χ0n) is 17.1. The third kappa shape index (κ3) is 5.17. The van der Waals surface area contributed by atoms with Gasteiger partial charge in [-0.15, -0.1) is 11.3 Å². The zero-order valence-corrected chi connectivity index (χ0v) is 17.9. The van der Waals surface area contributed by atoms with E-state index in [2.05, 4.69) is 26.0 Å². The van der Waals surface area contributed by atoms with Crippen LogP contribution in [0.2, 0.25) is 0 Å². The Morgan fingerprint density at radius 3 is 2.65 bits per heavy atom. The maximum absolute atomic E-state index is 12.1. The number of hydrogen-bond donors (Lipinski definition) is 1. The van der Waals surface area contributed by atoms with Gasteiger partial charge in [0.2, 0.25) is 17.6 Å². The van der Waals surface area contributed by atoms with Gasteiger partial charge in [0.05, 0.1) is 16.5 Å². The lowest BCUT2D eigenvalue weighted by molar-refractivity contribution is -0.124. The van der Waals surface area contributed by atoms with Gasteiger partial charge in [-0.1, -0.05) is 23.4 Å². The summed E-state index contributed by atoms with van der Waals surface area (Å²) in [5.74, 6) is 0.951. The van der Waals surface area contributed by atoms with E-state index in [9.17, 15) is 4.79 Å². The number of nitriles is 1. The molecule has 3 aromatic rings. The molecule has 2 N–H and O–H groups in total. The molecule has 4 rings (SSSR count). The molecular formula is C22H24N6O2S. The number of benzene rings is 1. The van der Waals surface area contributed by atoms with Crippen LogP contribution in [0.25, 0.3) is 10.7 Å². The Labute approximate surface area is 184 Å². The van der Waals surface area contributed by atoms with Crippen LogP contribution in [0, 0.1) is 11.3 Å². The molecule has 2 aromatic heterocycles. The van der Waals surface area contributed by atoms with E-state index in [1.807, 2.05) is 29.6 Å². The second-order valence-corrected chi connectivity index (χ2v) is 8.46. The van der Waals surface area contributed by atoms with Crippen molar-refractivity contribution in [3.63, 3.8) is 0 Å². The first-order valence-corrected chi connectivity index (χ1v) is 11.1. The normalized spacial score (nSPS) is 16.1. The maximum atomic E-state index is 12.1. The van der Waals surface area contributed by atoms with Crippen molar-refractivity contribution < 1.29 is 9.32 Å². The van der Waals surface area contributed by atoms with Crippen LogP contribution < -0.4 is 5.73 Å². The number of nitrogens with zero attached hydrogens (tertiary/aromatic N) is 5. The highest BCUT2D eigenvalue weighted by Gasteiger charge is 2.28. The highest BCUT2D eigenvalue weighted by Crippen LogP contribution is 2.23. The average molecular weight is 437 g/mol. The highest BCUT2D eigenvalue weighted by atomic mass is 32.1. The predicted octanol–water partition coefficient (Wildman–Crippen LogP) is 2.45. The van der Waals surface area contributed by atoms with Crippen LogP contribution in [0.3, 0.4) is 0 Å². The molecule has 1 aromatic carbocycles. The molecule has 0 bridgehead atoms. The van der Waals surface area contributed by atoms with E-state index in [4.69, 9.17) is 15.5 Å². The number of hydrogen-bond acceptors (Lipinski definition) is 8. The summed E-state index contributed by atoms with van der Waals surface area (Å²) >= 11 is 1.60. The van der Waals surface area contributed by atoms with Gasteiger partial charge in [0, 0.05) is 32.6 Å². The summed E-state index contributed by atoms with van der Waals surface area (Å²) < 4.78 is 5.37. The number of amides is 1. The SMILES string of the molecule is N#Cc1ccc(C(C(N)=O)N2CCN(CCCc3nc(-c4cccs4)no3)CC2)cc1. The van der Waals surface area contributed by atoms with Gasteiger partial charge < -0.3 is 15.2 Å². The fourth-order valence-corrected chi connectivity index (χ4v) is 4.51. The van der Waals surface area contributed by atoms with Crippen molar-refractivity contribution in [1.82, 2.24) is 19.9 Å². The third-order valence-corrected chi connectivity index (χ3v) is 6.34. The van der Waals surface area contributed by atoms with Crippen molar-refractivity contribution in [3.8, 4) is 16.8 Å². The number of carbonyl (C=O) groups is 1. The molecule has 9 heteroatoms. The van der Waals surface area contributed by atoms with Gasteiger partial charge >= 0.3 is 0 Å². The van der Waals surface area contributed by atoms with E-state index in [1.165, 1.54) is 0 Å². The van der Waals surface area contributed by atoms with Crippen LogP contribution in [0.15, 0.2) is 46.3 Å². The molecule has 1 saturated heterocycles. The fraction of sp³-hybridized carbons (Fsp3) is 0.364. The van der Waals surface area contributed by atoms with Crippen molar-refractivity contribution >= 4 is 17.2 Å². The van der Waals surface area contributed by atoms with Gasteiger partial charge in [-0.05, 0) is 42.1 Å². The fourth-order valence-electron chi connectivity index (χ4n) is 3.86. The monoisotopic (exact) mass is 436 g/mol. The predicted molar refractivity (Wildman–Crippen MR) is 117 cm³/mol. The molecule has 0 radical (unpaired) electrons. The standard InChI is InChI=1S/C22H24N6O2S/c23-15-16-5-7-17(8-6-16)20(21(24)29)28-12-10-27(11-13-28)9-1-4-19-25-22(26-30-19)18-3-2-14-31-18/h2-3,5-8,14,20H,1,4,9-13H2,(H2,24,29). The number of primary amides is 1. The first-order valence-electron chi connectivity index (χ1n) is 10.3. The Hall–Kier alpha value is -3.06. The van der Waals surface area contributed by atoms with Gasteiger partial charge in [0.25, 0.3) is 0 Å². The average Bonchev–Trinajstić information content (AvgIpc) is 3.47. The van der Waals surface area contributed by atoms with Crippen LogP contribution >= 0.6 is 11.3 Å². The van der Waals surface area contributed by atoms with Crippen molar-refractivity contribution in [2.24, 2.45) is 5.73 Å². The quantitative estimate of drug-likeness (QED) is 0.577. The van der Waals surface area contributed by atoms with E-state index in [0.29, 0.717) is 17.3 Å². The largest absolute Gasteiger partial charge is 0.368 e. The molecule has 8 nitrogen and oxygen atoms in total. The molecule has 0 saturated carbocycles. The lowest BCUT2D eigenvalue weighted by atomic mass is 10.0. The van der Waals surface area contributed by atoms with E-state index >= 15 is 0 Å². The van der Waals surface area contributed by atoms with E-state index in [0.717, 1.165) is 56.0 Å². The number of thiophene rings is 1. The molecule has 1 amide bonds. The second kappa shape index (κ2) is 9.83. The summed E-state index contributed by atoms with van der Waals surface area (Å²) in [5.41, 5.74) is 7.11. The van der Waals surface area contributed by atoms with Crippen molar-refractivity contribution in [2.75, 3.05) is 32.7 Å². The van der Waals surface area contributed by atoms with Gasteiger partial charge in [0.1, 0.15) is 6.04 Å². The molecule has 160 valence electrons. The van der Waals surface area contributed by atoms with Gasteiger partial charge in [0.15, 0.2) is 0 Å². The van der Waals surface area contributed by atoms with Crippen LogP contribution in [-0.4, -0.2) is 58.6 Å². The number of aromatic nitrogens is 2. The molecular weight excluding hydrogens is 412 g/mol. The summed E-state index contributed by atoms with van der Waals surface area (Å²) in [6.45, 7) is 4.19. The maximum Gasteiger partial charge on any atom is 0.239 e. The topological polar surface area (TPSA) is 112 Å². The van der Waals surface area contributed by atoms with E-state index < -0.39 is 6.04 Å². The molecule has 0 spiro atoms. The van der Waals surface area contributed by atoms with Gasteiger partial charge in [-0.25, -0.2) is 0 Å². The Kier molecular flexibility index (Phi) is 6.72. The molecule has 31 heavy (non-hydrogen) atoms. The zero-order chi connectivity index (χ0) is 21.6. The number of piperazine rings is 1. The molecule has 1 atom stereocenters. The lowest BCUT2D eigenvalue weighted by Gasteiger charge is -2.38. The Bertz CT molecular complexity index is 1030. The van der Waals surface area contributed by atoms with Crippen molar-refractivity contribution in [2.45, 2.75) is 18.9 Å². The first kappa shape index (κ1) is 21.2. The van der Waals surface area contributed by atoms with Gasteiger partial charge in [-0.2, -0.15) is 10.2 Å². The minimum atomic E-state index is -0.469. The van der Waals surface area contributed by atoms with Crippen LogP contribution in [0.5, 0.6) is 0 Å². The first-order chi connectivity index (χ1) is 15.1. The smallest absolute Gasteiger partial charge is 0.239 e. The summed E-state index contributed by atoms with van der Waals surface area (Å²) in [5, 5.41) is 15.0. The van der Waals surface area contributed by atoms with Crippen LogP contribution in [0.1, 0.15) is 29.5 Å². The number of rotatable bonds is 8. The minimum Gasteiger partial charge on any atom is -0.368 e. The van der Waals surface area contributed by atoms with E-state index in [-0.39, 0.29) is 5.91 Å². The highest BCUT2D eigenvalue weighted by molar-refractivity contribution is 7.13. The third-order valence-electron chi connectivity index (χ3n) is 5.47. The van der Waals surface area contributed by atoms with E-state index in [1.54, 1.807) is 23.5 Å². The van der Waals surface area contributed by atoms with Crippen LogP contribution in [0.4, 0.5) is 0 Å². The molecule has 1 aliphatic rings. The summed E-state index contributed by atoms with van der Waals surface area (Å²) in [4.78, 5) is 22.1. The summed E-state index contributed by atoms with van der Waals surface area (Å²) in [6.07, 6.45) is 1.68. The molecule has 1 fully saturated rings.